The fraction of sp³-hybridized carbons (Fsp3) is 1.00. The van der Waals surface area contributed by atoms with Gasteiger partial charge in [0.2, 0.25) is 0 Å². The molecule has 3 nitrogen and oxygen atoms in total. The highest BCUT2D eigenvalue weighted by molar-refractivity contribution is 4.90. The third kappa shape index (κ3) is 5.01. The first-order chi connectivity index (χ1) is 9.45. The van der Waals surface area contributed by atoms with Gasteiger partial charge in [-0.3, -0.25) is 0 Å². The lowest BCUT2D eigenvalue weighted by molar-refractivity contribution is 0.00591. The monoisotopic (exact) mass is 282 g/mol. The van der Waals surface area contributed by atoms with Crippen LogP contribution in [-0.2, 0) is 0 Å². The van der Waals surface area contributed by atoms with Crippen molar-refractivity contribution >= 4 is 0 Å². The third-order valence-electron chi connectivity index (χ3n) is 5.00. The Labute approximate surface area is 125 Å². The van der Waals surface area contributed by atoms with Crippen molar-refractivity contribution in [1.82, 2.24) is 10.2 Å². The molecular formula is C17H34N2O. The van der Waals surface area contributed by atoms with Gasteiger partial charge in [0.05, 0.1) is 5.60 Å². The van der Waals surface area contributed by atoms with Crippen LogP contribution in [0.3, 0.4) is 0 Å². The standard InChI is InChI=1S/C17H34N2O/c1-4-9-16(2,12-18-15-7-8-15)13-19(3)14-17(20)10-5-6-11-17/h15,18,20H,4-14H2,1-3H3. The second kappa shape index (κ2) is 6.76. The van der Waals surface area contributed by atoms with E-state index in [1.54, 1.807) is 0 Å². The Balaban J connectivity index is 1.81. The second-order valence-corrected chi connectivity index (χ2v) is 7.82. The molecule has 1 unspecified atom stereocenters. The highest BCUT2D eigenvalue weighted by atomic mass is 16.3. The average molecular weight is 282 g/mol. The summed E-state index contributed by atoms with van der Waals surface area (Å²) in [5.74, 6) is 0. The highest BCUT2D eigenvalue weighted by Gasteiger charge is 2.35. The Morgan fingerprint density at radius 2 is 1.95 bits per heavy atom. The number of aliphatic hydroxyl groups is 1. The van der Waals surface area contributed by atoms with E-state index in [4.69, 9.17) is 0 Å². The summed E-state index contributed by atoms with van der Waals surface area (Å²) < 4.78 is 0. The topological polar surface area (TPSA) is 35.5 Å². The van der Waals surface area contributed by atoms with Crippen LogP contribution in [0, 0.1) is 5.41 Å². The molecule has 0 amide bonds. The molecule has 2 fully saturated rings. The van der Waals surface area contributed by atoms with Gasteiger partial charge in [-0.15, -0.1) is 0 Å². The maximum absolute atomic E-state index is 10.6. The molecule has 3 heteroatoms. The molecule has 2 aliphatic carbocycles. The average Bonchev–Trinajstić information content (AvgIpc) is 3.09. The Kier molecular flexibility index (Phi) is 5.49. The van der Waals surface area contributed by atoms with Crippen molar-refractivity contribution in [3.63, 3.8) is 0 Å². The Hall–Kier alpha value is -0.120. The highest BCUT2D eigenvalue weighted by Crippen LogP contribution is 2.32. The maximum atomic E-state index is 10.6. The minimum absolute atomic E-state index is 0.334. The molecular weight excluding hydrogens is 248 g/mol. The van der Waals surface area contributed by atoms with Crippen molar-refractivity contribution < 1.29 is 5.11 Å². The summed E-state index contributed by atoms with van der Waals surface area (Å²) in [6.07, 6.45) is 9.58. The number of hydrogen-bond acceptors (Lipinski definition) is 3. The zero-order chi connectivity index (χ0) is 14.6. The van der Waals surface area contributed by atoms with E-state index in [9.17, 15) is 5.11 Å². The van der Waals surface area contributed by atoms with E-state index in [1.165, 1.54) is 38.5 Å². The zero-order valence-electron chi connectivity index (χ0n) is 13.7. The smallest absolute Gasteiger partial charge is 0.0774 e. The maximum Gasteiger partial charge on any atom is 0.0774 e. The first-order valence-corrected chi connectivity index (χ1v) is 8.59. The van der Waals surface area contributed by atoms with Gasteiger partial charge in [-0.2, -0.15) is 0 Å². The number of likely N-dealkylation sites (N-methyl/N-ethyl adjacent to an activating group) is 1. The predicted molar refractivity (Wildman–Crippen MR) is 85.0 cm³/mol. The summed E-state index contributed by atoms with van der Waals surface area (Å²) in [5, 5.41) is 14.3. The molecule has 0 aromatic rings. The van der Waals surface area contributed by atoms with Crippen molar-refractivity contribution in [2.24, 2.45) is 5.41 Å². The first-order valence-electron chi connectivity index (χ1n) is 8.59. The van der Waals surface area contributed by atoms with Crippen LogP contribution in [0.15, 0.2) is 0 Å². The van der Waals surface area contributed by atoms with Gasteiger partial charge in [0.1, 0.15) is 0 Å². The van der Waals surface area contributed by atoms with Crippen LogP contribution >= 0.6 is 0 Å². The van der Waals surface area contributed by atoms with Gasteiger partial charge >= 0.3 is 0 Å². The van der Waals surface area contributed by atoms with Crippen molar-refractivity contribution in [2.75, 3.05) is 26.7 Å². The fourth-order valence-corrected chi connectivity index (χ4v) is 3.91. The lowest BCUT2D eigenvalue weighted by atomic mass is 9.84. The number of nitrogens with one attached hydrogen (secondary N) is 1. The van der Waals surface area contributed by atoms with Crippen LogP contribution in [0.5, 0.6) is 0 Å². The summed E-state index contributed by atoms with van der Waals surface area (Å²) >= 11 is 0. The summed E-state index contributed by atoms with van der Waals surface area (Å²) in [5.41, 5.74) is -0.0765. The Morgan fingerprint density at radius 1 is 1.30 bits per heavy atom. The fourth-order valence-electron chi connectivity index (χ4n) is 3.91. The van der Waals surface area contributed by atoms with Crippen LogP contribution < -0.4 is 5.32 Å². The molecule has 0 radical (unpaired) electrons. The molecule has 0 bridgehead atoms. The molecule has 2 saturated carbocycles. The van der Waals surface area contributed by atoms with Gasteiger partial charge in [0.25, 0.3) is 0 Å². The molecule has 2 N–H and O–H groups in total. The predicted octanol–water partition coefficient (Wildman–Crippen LogP) is 2.78. The summed E-state index contributed by atoms with van der Waals surface area (Å²) in [6, 6.07) is 0.788. The summed E-state index contributed by atoms with van der Waals surface area (Å²) in [7, 11) is 2.18. The molecule has 0 aromatic heterocycles. The largest absolute Gasteiger partial charge is 0.389 e. The Morgan fingerprint density at radius 3 is 2.50 bits per heavy atom. The van der Waals surface area contributed by atoms with Gasteiger partial charge in [-0.05, 0) is 44.6 Å². The van der Waals surface area contributed by atoms with E-state index in [0.717, 1.165) is 38.5 Å². The molecule has 0 spiro atoms. The molecule has 2 aliphatic rings. The van der Waals surface area contributed by atoms with Gasteiger partial charge in [-0.1, -0.05) is 33.1 Å². The van der Waals surface area contributed by atoms with Crippen LogP contribution in [0.1, 0.15) is 65.2 Å². The molecule has 1 atom stereocenters. The summed E-state index contributed by atoms with van der Waals surface area (Å²) in [4.78, 5) is 2.37. The number of nitrogens with zero attached hydrogens (tertiary/aromatic N) is 1. The van der Waals surface area contributed by atoms with E-state index >= 15 is 0 Å². The van der Waals surface area contributed by atoms with Gasteiger partial charge in [0.15, 0.2) is 0 Å². The molecule has 0 aliphatic heterocycles. The summed E-state index contributed by atoms with van der Waals surface area (Å²) in [6.45, 7) is 7.73. The van der Waals surface area contributed by atoms with Crippen LogP contribution in [0.4, 0.5) is 0 Å². The lowest BCUT2D eigenvalue weighted by Crippen LogP contribution is -2.46. The number of hydrogen-bond donors (Lipinski definition) is 2. The van der Waals surface area contributed by atoms with E-state index in [2.05, 4.69) is 31.1 Å². The first kappa shape index (κ1) is 16.3. The molecule has 2 rings (SSSR count). The van der Waals surface area contributed by atoms with Crippen molar-refractivity contribution in [3.8, 4) is 0 Å². The van der Waals surface area contributed by atoms with E-state index in [-0.39, 0.29) is 0 Å². The van der Waals surface area contributed by atoms with E-state index in [1.807, 2.05) is 0 Å². The zero-order valence-corrected chi connectivity index (χ0v) is 13.7. The molecule has 0 heterocycles. The molecule has 20 heavy (non-hydrogen) atoms. The molecule has 0 saturated heterocycles. The molecule has 118 valence electrons. The Bertz CT molecular complexity index is 297. The van der Waals surface area contributed by atoms with Crippen LogP contribution in [-0.4, -0.2) is 48.3 Å². The van der Waals surface area contributed by atoms with E-state index in [0.29, 0.717) is 5.41 Å². The van der Waals surface area contributed by atoms with E-state index < -0.39 is 5.60 Å². The molecule has 0 aromatic carbocycles. The van der Waals surface area contributed by atoms with Crippen molar-refractivity contribution in [3.05, 3.63) is 0 Å². The van der Waals surface area contributed by atoms with Gasteiger partial charge in [0, 0.05) is 25.7 Å². The third-order valence-corrected chi connectivity index (χ3v) is 5.00. The van der Waals surface area contributed by atoms with Crippen molar-refractivity contribution in [1.29, 1.82) is 0 Å². The van der Waals surface area contributed by atoms with Gasteiger partial charge < -0.3 is 15.3 Å². The normalized spacial score (nSPS) is 25.1. The van der Waals surface area contributed by atoms with Gasteiger partial charge in [-0.25, -0.2) is 0 Å². The lowest BCUT2D eigenvalue weighted by Gasteiger charge is -2.37. The van der Waals surface area contributed by atoms with Crippen LogP contribution in [0.2, 0.25) is 0 Å². The second-order valence-electron chi connectivity index (χ2n) is 7.82. The quantitative estimate of drug-likeness (QED) is 0.682. The minimum atomic E-state index is -0.411. The van der Waals surface area contributed by atoms with Crippen LogP contribution in [0.25, 0.3) is 0 Å². The number of rotatable bonds is 9. The minimum Gasteiger partial charge on any atom is -0.389 e. The van der Waals surface area contributed by atoms with Crippen molar-refractivity contribution in [2.45, 2.75) is 76.9 Å². The SMILES string of the molecule is CCCC(C)(CNC1CC1)CN(C)CC1(O)CCCC1.